The van der Waals surface area contributed by atoms with E-state index in [4.69, 9.17) is 4.74 Å². The first kappa shape index (κ1) is 17.3. The topological polar surface area (TPSA) is 56.5 Å². The second-order valence-corrected chi connectivity index (χ2v) is 7.07. The van der Waals surface area contributed by atoms with Gasteiger partial charge in [0.25, 0.3) is 0 Å². The minimum absolute atomic E-state index is 0.156. The SMILES string of the molecule is N#CC1(CC(O)CN2CCCC2c2cccc(F)c2)CCOCC1. The lowest BCUT2D eigenvalue weighted by Crippen LogP contribution is -2.38. The number of rotatable bonds is 5. The molecule has 0 radical (unpaired) electrons. The van der Waals surface area contributed by atoms with E-state index >= 15 is 0 Å². The van der Waals surface area contributed by atoms with Crippen LogP contribution >= 0.6 is 0 Å². The number of ether oxygens (including phenoxy) is 1. The molecule has 0 bridgehead atoms. The number of likely N-dealkylation sites (tertiary alicyclic amines) is 1. The molecule has 0 spiro atoms. The fourth-order valence-corrected chi connectivity index (χ4v) is 4.05. The van der Waals surface area contributed by atoms with Crippen LogP contribution in [0.2, 0.25) is 0 Å². The van der Waals surface area contributed by atoms with Gasteiger partial charge in [-0.05, 0) is 56.3 Å². The van der Waals surface area contributed by atoms with Crippen molar-refractivity contribution >= 4 is 0 Å². The van der Waals surface area contributed by atoms with Gasteiger partial charge in [-0.3, -0.25) is 4.90 Å². The number of β-amino-alcohol motifs (C(OH)–C–C–N with tert-alkyl or cyclic N) is 1. The number of halogens is 1. The molecular weight excluding hydrogens is 307 g/mol. The summed E-state index contributed by atoms with van der Waals surface area (Å²) < 4.78 is 18.8. The number of nitriles is 1. The summed E-state index contributed by atoms with van der Waals surface area (Å²) in [6.45, 7) is 2.62. The molecule has 1 aromatic carbocycles. The predicted molar refractivity (Wildman–Crippen MR) is 88.7 cm³/mol. The van der Waals surface area contributed by atoms with Crippen LogP contribution in [-0.4, -0.2) is 42.4 Å². The van der Waals surface area contributed by atoms with Gasteiger partial charge in [-0.15, -0.1) is 0 Å². The number of nitrogens with zero attached hydrogens (tertiary/aromatic N) is 2. The van der Waals surface area contributed by atoms with Crippen LogP contribution < -0.4 is 0 Å². The lowest BCUT2D eigenvalue weighted by Gasteiger charge is -2.34. The Labute approximate surface area is 142 Å². The summed E-state index contributed by atoms with van der Waals surface area (Å²) in [5.41, 5.74) is 0.506. The van der Waals surface area contributed by atoms with Gasteiger partial charge in [-0.25, -0.2) is 4.39 Å². The van der Waals surface area contributed by atoms with Gasteiger partial charge >= 0.3 is 0 Å². The maximum atomic E-state index is 13.5. The van der Waals surface area contributed by atoms with Crippen molar-refractivity contribution in [2.24, 2.45) is 5.41 Å². The quantitative estimate of drug-likeness (QED) is 0.900. The molecule has 24 heavy (non-hydrogen) atoms. The van der Waals surface area contributed by atoms with Crippen LogP contribution in [0.4, 0.5) is 4.39 Å². The molecule has 0 aliphatic carbocycles. The molecule has 2 atom stereocenters. The van der Waals surface area contributed by atoms with E-state index in [0.717, 1.165) is 24.9 Å². The Hall–Kier alpha value is -1.48. The van der Waals surface area contributed by atoms with Gasteiger partial charge in [0.2, 0.25) is 0 Å². The van der Waals surface area contributed by atoms with E-state index < -0.39 is 11.5 Å². The Morgan fingerprint density at radius 2 is 2.21 bits per heavy atom. The Kier molecular flexibility index (Phi) is 5.50. The third kappa shape index (κ3) is 3.94. The molecule has 1 N–H and O–H groups in total. The number of benzene rings is 1. The van der Waals surface area contributed by atoms with Gasteiger partial charge in [0.15, 0.2) is 0 Å². The molecular formula is C19H25FN2O2. The first-order valence-electron chi connectivity index (χ1n) is 8.78. The van der Waals surface area contributed by atoms with Crippen molar-refractivity contribution in [1.29, 1.82) is 5.26 Å². The molecule has 1 aromatic rings. The standard InChI is InChI=1S/C19H25FN2O2/c20-16-4-1-3-15(11-16)18-5-2-8-22(18)13-17(23)12-19(14-21)6-9-24-10-7-19/h1,3-4,11,17-18,23H,2,5-10,12-13H2. The lowest BCUT2D eigenvalue weighted by molar-refractivity contribution is 0.00507. The first-order valence-corrected chi connectivity index (χ1v) is 8.78. The Morgan fingerprint density at radius 3 is 2.92 bits per heavy atom. The monoisotopic (exact) mass is 332 g/mol. The van der Waals surface area contributed by atoms with E-state index in [2.05, 4.69) is 11.0 Å². The molecule has 2 aliphatic heterocycles. The molecule has 130 valence electrons. The van der Waals surface area contributed by atoms with Crippen LogP contribution in [0.5, 0.6) is 0 Å². The van der Waals surface area contributed by atoms with Crippen LogP contribution in [0.1, 0.15) is 43.7 Å². The Morgan fingerprint density at radius 1 is 1.42 bits per heavy atom. The number of aliphatic hydroxyl groups is 1. The smallest absolute Gasteiger partial charge is 0.123 e. The highest BCUT2D eigenvalue weighted by Gasteiger charge is 2.36. The second-order valence-electron chi connectivity index (χ2n) is 7.07. The summed E-state index contributed by atoms with van der Waals surface area (Å²) in [5.74, 6) is -0.217. The highest BCUT2D eigenvalue weighted by molar-refractivity contribution is 5.21. The summed E-state index contributed by atoms with van der Waals surface area (Å²) in [6, 6.07) is 9.31. The van der Waals surface area contributed by atoms with Gasteiger partial charge in [-0.1, -0.05) is 12.1 Å². The summed E-state index contributed by atoms with van der Waals surface area (Å²) in [6.07, 6.45) is 3.34. The zero-order chi connectivity index (χ0) is 17.0. The maximum absolute atomic E-state index is 13.5. The molecule has 2 unspecified atom stereocenters. The fraction of sp³-hybridized carbons (Fsp3) is 0.632. The lowest BCUT2D eigenvalue weighted by atomic mass is 9.77. The zero-order valence-corrected chi connectivity index (χ0v) is 14.0. The van der Waals surface area contributed by atoms with Gasteiger partial charge in [-0.2, -0.15) is 5.26 Å². The van der Waals surface area contributed by atoms with E-state index in [-0.39, 0.29) is 11.9 Å². The Balaban J connectivity index is 1.63. The van der Waals surface area contributed by atoms with E-state index in [0.29, 0.717) is 39.0 Å². The maximum Gasteiger partial charge on any atom is 0.123 e. The van der Waals surface area contributed by atoms with Crippen LogP contribution in [0.25, 0.3) is 0 Å². The highest BCUT2D eigenvalue weighted by Crippen LogP contribution is 2.37. The third-order valence-corrected chi connectivity index (χ3v) is 5.36. The average Bonchev–Trinajstić information content (AvgIpc) is 3.03. The van der Waals surface area contributed by atoms with E-state index in [9.17, 15) is 14.8 Å². The van der Waals surface area contributed by atoms with Crippen molar-refractivity contribution < 1.29 is 14.2 Å². The van der Waals surface area contributed by atoms with Gasteiger partial charge in [0.05, 0.1) is 17.6 Å². The van der Waals surface area contributed by atoms with Crippen LogP contribution in [0.15, 0.2) is 24.3 Å². The van der Waals surface area contributed by atoms with Gasteiger partial charge in [0, 0.05) is 25.8 Å². The van der Waals surface area contributed by atoms with E-state index in [1.807, 2.05) is 6.07 Å². The molecule has 0 aromatic heterocycles. The minimum Gasteiger partial charge on any atom is -0.392 e. The van der Waals surface area contributed by atoms with Gasteiger partial charge in [0.1, 0.15) is 5.82 Å². The summed E-state index contributed by atoms with van der Waals surface area (Å²) >= 11 is 0. The second kappa shape index (κ2) is 7.60. The summed E-state index contributed by atoms with van der Waals surface area (Å²) in [5, 5.41) is 20.1. The number of hydrogen-bond donors (Lipinski definition) is 1. The van der Waals surface area contributed by atoms with E-state index in [1.54, 1.807) is 12.1 Å². The molecule has 2 heterocycles. The van der Waals surface area contributed by atoms with Crippen LogP contribution in [-0.2, 0) is 4.74 Å². The highest BCUT2D eigenvalue weighted by atomic mass is 19.1. The van der Waals surface area contributed by atoms with Crippen molar-refractivity contribution in [2.75, 3.05) is 26.3 Å². The van der Waals surface area contributed by atoms with Crippen molar-refractivity contribution in [2.45, 2.75) is 44.2 Å². The molecule has 2 fully saturated rings. The average molecular weight is 332 g/mol. The van der Waals surface area contributed by atoms with Crippen molar-refractivity contribution in [3.63, 3.8) is 0 Å². The van der Waals surface area contributed by atoms with Gasteiger partial charge < -0.3 is 9.84 Å². The molecule has 0 amide bonds. The molecule has 0 saturated carbocycles. The van der Waals surface area contributed by atoms with Crippen molar-refractivity contribution in [3.8, 4) is 6.07 Å². The third-order valence-electron chi connectivity index (χ3n) is 5.36. The Bertz CT molecular complexity index is 595. The zero-order valence-electron chi connectivity index (χ0n) is 14.0. The van der Waals surface area contributed by atoms with Crippen LogP contribution in [0, 0.1) is 22.6 Å². The first-order chi connectivity index (χ1) is 11.6. The van der Waals surface area contributed by atoms with Crippen LogP contribution in [0.3, 0.4) is 0 Å². The molecule has 5 heteroatoms. The normalized spacial score (nSPS) is 25.3. The molecule has 2 saturated heterocycles. The summed E-state index contributed by atoms with van der Waals surface area (Å²) in [7, 11) is 0. The fourth-order valence-electron chi connectivity index (χ4n) is 4.05. The molecule has 4 nitrogen and oxygen atoms in total. The summed E-state index contributed by atoms with van der Waals surface area (Å²) in [4.78, 5) is 2.23. The largest absolute Gasteiger partial charge is 0.392 e. The van der Waals surface area contributed by atoms with Crippen molar-refractivity contribution in [3.05, 3.63) is 35.6 Å². The van der Waals surface area contributed by atoms with E-state index in [1.165, 1.54) is 6.07 Å². The minimum atomic E-state index is -0.545. The molecule has 2 aliphatic rings. The van der Waals surface area contributed by atoms with Crippen molar-refractivity contribution in [1.82, 2.24) is 4.90 Å². The predicted octanol–water partition coefficient (Wildman–Crippen LogP) is 3.03. The number of hydrogen-bond acceptors (Lipinski definition) is 4. The number of aliphatic hydroxyl groups excluding tert-OH is 1. The molecule has 3 rings (SSSR count).